The summed E-state index contributed by atoms with van der Waals surface area (Å²) in [5.74, 6) is -5.31. The predicted molar refractivity (Wildman–Crippen MR) is 160 cm³/mol. The molecule has 4 rings (SSSR count). The fraction of sp³-hybridized carbons (Fsp3) is 0.393. The zero-order valence-electron chi connectivity index (χ0n) is 25.3. The van der Waals surface area contributed by atoms with E-state index in [2.05, 4.69) is 25.6 Å². The van der Waals surface area contributed by atoms with Gasteiger partial charge >= 0.3 is 18.4 Å². The molecule has 2 aromatic carbocycles. The average Bonchev–Trinajstić information content (AvgIpc) is 3.51. The minimum atomic E-state index is -5.01. The van der Waals surface area contributed by atoms with Crippen LogP contribution in [0.2, 0.25) is 0 Å². The number of anilines is 1. The van der Waals surface area contributed by atoms with Crippen LogP contribution in [0.1, 0.15) is 41.2 Å². The van der Waals surface area contributed by atoms with Crippen LogP contribution >= 0.6 is 11.3 Å². The number of piperazine rings is 1. The monoisotopic (exact) mass is 720 g/mol. The first-order chi connectivity index (χ1) is 22.5. The molecule has 3 aromatic rings. The highest BCUT2D eigenvalue weighted by Crippen LogP contribution is 2.31. The summed E-state index contributed by atoms with van der Waals surface area (Å²) >= 11 is 0.728. The van der Waals surface area contributed by atoms with Crippen molar-refractivity contribution in [3.05, 3.63) is 64.7 Å². The van der Waals surface area contributed by atoms with Crippen molar-refractivity contribution in [1.29, 1.82) is 0 Å². The molecular formula is C28H29F5N6O7S2. The zero-order valence-corrected chi connectivity index (χ0v) is 26.9. The molecule has 20 heteroatoms. The maximum absolute atomic E-state index is 14.0. The number of alkyl halides is 5. The van der Waals surface area contributed by atoms with Crippen LogP contribution in [0.25, 0.3) is 0 Å². The highest BCUT2D eigenvalue weighted by atomic mass is 32.2. The number of urea groups is 1. The maximum atomic E-state index is 14.0. The Balaban J connectivity index is 1.54. The summed E-state index contributed by atoms with van der Waals surface area (Å²) in [7, 11) is -4.52. The zero-order chi connectivity index (χ0) is 35.3. The molecule has 0 bridgehead atoms. The number of benzene rings is 2. The Morgan fingerprint density at radius 3 is 2.25 bits per heavy atom. The molecule has 48 heavy (non-hydrogen) atoms. The molecule has 1 saturated heterocycles. The van der Waals surface area contributed by atoms with Crippen molar-refractivity contribution in [2.45, 2.75) is 50.0 Å². The van der Waals surface area contributed by atoms with Crippen LogP contribution in [0.4, 0.5) is 31.9 Å². The smallest absolute Gasteiger partial charge is 0.461 e. The van der Waals surface area contributed by atoms with E-state index in [1.807, 2.05) is 0 Å². The molecule has 0 aliphatic carbocycles. The van der Waals surface area contributed by atoms with Crippen molar-refractivity contribution < 1.29 is 54.2 Å². The molecule has 3 amide bonds. The highest BCUT2D eigenvalue weighted by Gasteiger charge is 2.42. The number of esters is 1. The van der Waals surface area contributed by atoms with E-state index < -0.39 is 76.4 Å². The van der Waals surface area contributed by atoms with Gasteiger partial charge in [-0.1, -0.05) is 42.5 Å². The van der Waals surface area contributed by atoms with Gasteiger partial charge < -0.3 is 19.7 Å². The Morgan fingerprint density at radius 2 is 1.65 bits per heavy atom. The van der Waals surface area contributed by atoms with Gasteiger partial charge in [-0.05, 0) is 36.8 Å². The van der Waals surface area contributed by atoms with Gasteiger partial charge in [0.05, 0.1) is 11.5 Å². The lowest BCUT2D eigenvalue weighted by Crippen LogP contribution is -2.61. The summed E-state index contributed by atoms with van der Waals surface area (Å²) in [6, 6.07) is 6.23. The number of carbonyl (C=O) groups is 3. The average molecular weight is 721 g/mol. The molecule has 1 atom stereocenters. The minimum Gasteiger partial charge on any atom is -0.461 e. The minimum absolute atomic E-state index is 0.0719. The Bertz CT molecular complexity index is 1720. The van der Waals surface area contributed by atoms with Gasteiger partial charge in [0.2, 0.25) is 26.1 Å². The second kappa shape index (κ2) is 14.8. The van der Waals surface area contributed by atoms with Crippen LogP contribution < -0.4 is 15.4 Å². The first-order valence-electron chi connectivity index (χ1n) is 14.2. The van der Waals surface area contributed by atoms with Crippen molar-refractivity contribution >= 4 is 44.4 Å². The molecule has 1 fully saturated rings. The Labute approximate surface area is 275 Å². The lowest BCUT2D eigenvalue weighted by Gasteiger charge is -2.39. The maximum Gasteiger partial charge on any atom is 0.573 e. The van der Waals surface area contributed by atoms with E-state index in [1.165, 1.54) is 31.2 Å². The van der Waals surface area contributed by atoms with Crippen molar-refractivity contribution in [2.24, 2.45) is 0 Å². The van der Waals surface area contributed by atoms with Gasteiger partial charge in [-0.2, -0.15) is 4.31 Å². The number of carbonyl (C=O) groups excluding carboxylic acids is 3. The second-order valence-corrected chi connectivity index (χ2v) is 13.0. The summed E-state index contributed by atoms with van der Waals surface area (Å²) < 4.78 is 103. The second-order valence-electron chi connectivity index (χ2n) is 10.1. The summed E-state index contributed by atoms with van der Waals surface area (Å²) in [5, 5.41) is 12.2. The van der Waals surface area contributed by atoms with Gasteiger partial charge in [-0.25, -0.2) is 26.8 Å². The number of aromatic nitrogens is 2. The normalized spacial score (nSPS) is 15.9. The lowest BCUT2D eigenvalue weighted by molar-refractivity contribution is -0.274. The lowest BCUT2D eigenvalue weighted by atomic mass is 10.0. The number of hydrogen-bond donors (Lipinski definition) is 2. The molecule has 0 spiro atoms. The fourth-order valence-electron chi connectivity index (χ4n) is 4.50. The van der Waals surface area contributed by atoms with Crippen LogP contribution in [0.15, 0.2) is 53.4 Å². The van der Waals surface area contributed by atoms with E-state index in [9.17, 15) is 44.8 Å². The number of hydrogen-bond acceptors (Lipinski definition) is 10. The highest BCUT2D eigenvalue weighted by molar-refractivity contribution is 7.89. The summed E-state index contributed by atoms with van der Waals surface area (Å²) in [5.41, 5.74) is 0.204. The number of nitrogens with one attached hydrogen (secondary N) is 2. The molecule has 1 unspecified atom stereocenters. The van der Waals surface area contributed by atoms with Crippen molar-refractivity contribution in [2.75, 3.05) is 31.6 Å². The largest absolute Gasteiger partial charge is 0.573 e. The summed E-state index contributed by atoms with van der Waals surface area (Å²) in [4.78, 5) is 39.2. The van der Waals surface area contributed by atoms with Gasteiger partial charge in [0.15, 0.2) is 0 Å². The van der Waals surface area contributed by atoms with Crippen LogP contribution in [-0.4, -0.2) is 84.4 Å². The van der Waals surface area contributed by atoms with Gasteiger partial charge in [-0.3, -0.25) is 10.1 Å². The molecule has 2 heterocycles. The third kappa shape index (κ3) is 8.92. The number of sulfonamides is 1. The molecule has 260 valence electrons. The van der Waals surface area contributed by atoms with Gasteiger partial charge in [0.25, 0.3) is 5.92 Å². The standard InChI is InChI=1S/C28H29F5N6O7S2/c1-3-27(29,30)18-7-5-17(6-8-18)15-34-22(40)21-16-38(26(42)35-25-37-36-23(47-25)24(41)45-4-2)13-14-39(21)48(43,44)20-11-9-19(10-12-20)46-28(31,32)33/h5-12,21H,3-4,13-16H2,1-2H3,(H,34,40)(H,35,37,42). The summed E-state index contributed by atoms with van der Waals surface area (Å²) in [6.45, 7) is 1.73. The molecule has 13 nitrogen and oxygen atoms in total. The van der Waals surface area contributed by atoms with Crippen LogP contribution in [0, 0.1) is 0 Å². The molecule has 2 N–H and O–H groups in total. The van der Waals surface area contributed by atoms with E-state index in [-0.39, 0.29) is 35.4 Å². The van der Waals surface area contributed by atoms with E-state index in [0.29, 0.717) is 5.56 Å². The first kappa shape index (κ1) is 36.4. The van der Waals surface area contributed by atoms with Gasteiger partial charge in [0.1, 0.15) is 11.8 Å². The van der Waals surface area contributed by atoms with Gasteiger partial charge in [-0.15, -0.1) is 23.4 Å². The van der Waals surface area contributed by atoms with Crippen molar-refractivity contribution in [3.8, 4) is 5.75 Å². The Hall–Kier alpha value is -4.43. The van der Waals surface area contributed by atoms with E-state index >= 15 is 0 Å². The fourth-order valence-corrected chi connectivity index (χ4v) is 6.70. The quantitative estimate of drug-likeness (QED) is 0.217. The molecule has 1 aromatic heterocycles. The molecular weight excluding hydrogens is 691 g/mol. The van der Waals surface area contributed by atoms with Crippen molar-refractivity contribution in [3.63, 3.8) is 0 Å². The van der Waals surface area contributed by atoms with E-state index in [1.54, 1.807) is 6.92 Å². The Kier molecular flexibility index (Phi) is 11.2. The third-order valence-electron chi connectivity index (χ3n) is 6.96. The van der Waals surface area contributed by atoms with E-state index in [0.717, 1.165) is 44.8 Å². The van der Waals surface area contributed by atoms with Crippen LogP contribution in [0.5, 0.6) is 5.75 Å². The number of halogens is 5. The van der Waals surface area contributed by atoms with Crippen molar-refractivity contribution in [1.82, 2.24) is 24.7 Å². The van der Waals surface area contributed by atoms with Crippen LogP contribution in [-0.2, 0) is 32.0 Å². The van der Waals surface area contributed by atoms with E-state index in [4.69, 9.17) is 4.74 Å². The predicted octanol–water partition coefficient (Wildman–Crippen LogP) is 4.34. The number of rotatable bonds is 11. The van der Waals surface area contributed by atoms with Crippen LogP contribution in [0.3, 0.4) is 0 Å². The number of amides is 3. The molecule has 0 radical (unpaired) electrons. The SMILES string of the molecule is CCOC(=O)c1nnc(NC(=O)N2CCN(S(=O)(=O)c3ccc(OC(F)(F)F)cc3)C(C(=O)NCc3ccc(C(F)(F)CC)cc3)C2)s1. The molecule has 1 aliphatic heterocycles. The first-order valence-corrected chi connectivity index (χ1v) is 16.5. The number of nitrogens with zero attached hydrogens (tertiary/aromatic N) is 4. The Morgan fingerprint density at radius 1 is 0.979 bits per heavy atom. The molecule has 0 saturated carbocycles. The van der Waals surface area contributed by atoms with Gasteiger partial charge in [0, 0.05) is 38.2 Å². The summed E-state index contributed by atoms with van der Waals surface area (Å²) in [6.07, 6.45) is -5.42. The third-order valence-corrected chi connectivity index (χ3v) is 9.70. The molecule has 1 aliphatic rings. The number of ether oxygens (including phenoxy) is 2. The topological polar surface area (TPSA) is 160 Å².